The van der Waals surface area contributed by atoms with Gasteiger partial charge in [-0.15, -0.1) is 0 Å². The Hall–Kier alpha value is -1.07. The Morgan fingerprint density at radius 3 is 2.40 bits per heavy atom. The number of unbranched alkanes of at least 4 members (excludes halogenated alkanes) is 2. The molecule has 0 heterocycles. The zero-order chi connectivity index (χ0) is 15.0. The Bertz CT molecular complexity index is 449. The molecule has 114 valence electrons. The van der Waals surface area contributed by atoms with E-state index in [0.717, 1.165) is 30.6 Å². The van der Waals surface area contributed by atoms with Crippen LogP contribution in [0.3, 0.4) is 0 Å². The van der Waals surface area contributed by atoms with Crippen molar-refractivity contribution in [1.82, 2.24) is 0 Å². The molecular formula is C15H25NO3S. The smallest absolute Gasteiger partial charge is 0.135 e. The molecule has 0 aliphatic rings. The summed E-state index contributed by atoms with van der Waals surface area (Å²) in [6.07, 6.45) is 3.88. The summed E-state index contributed by atoms with van der Waals surface area (Å²) >= 11 is 0. The van der Waals surface area contributed by atoms with E-state index in [1.807, 2.05) is 12.1 Å². The Morgan fingerprint density at radius 2 is 1.85 bits per heavy atom. The SMILES string of the molecule is CCCCCS(=O)c1cc(OC)c(CCN)cc1OC. The van der Waals surface area contributed by atoms with Crippen molar-refractivity contribution in [2.75, 3.05) is 26.5 Å². The molecule has 1 atom stereocenters. The van der Waals surface area contributed by atoms with Crippen molar-refractivity contribution in [2.24, 2.45) is 5.73 Å². The lowest BCUT2D eigenvalue weighted by Crippen LogP contribution is -2.07. The molecule has 4 nitrogen and oxygen atoms in total. The topological polar surface area (TPSA) is 61.5 Å². The normalized spacial score (nSPS) is 12.2. The Balaban J connectivity index is 3.02. The van der Waals surface area contributed by atoms with Crippen LogP contribution in [0.15, 0.2) is 17.0 Å². The summed E-state index contributed by atoms with van der Waals surface area (Å²) in [6.45, 7) is 2.67. The zero-order valence-electron chi connectivity index (χ0n) is 12.6. The summed E-state index contributed by atoms with van der Waals surface area (Å²) in [5, 5.41) is 0. The van der Waals surface area contributed by atoms with Crippen LogP contribution in [0, 0.1) is 0 Å². The standard InChI is InChI=1S/C15H25NO3S/c1-4-5-6-9-20(17)15-11-13(18-2)12(7-8-16)10-14(15)19-3/h10-11H,4-9,16H2,1-3H3. The van der Waals surface area contributed by atoms with Gasteiger partial charge in [-0.2, -0.15) is 0 Å². The molecule has 0 radical (unpaired) electrons. The molecule has 0 aromatic heterocycles. The maximum Gasteiger partial charge on any atom is 0.135 e. The quantitative estimate of drug-likeness (QED) is 0.712. The third-order valence-electron chi connectivity index (χ3n) is 3.16. The summed E-state index contributed by atoms with van der Waals surface area (Å²) in [5.41, 5.74) is 6.59. The average Bonchev–Trinajstić information content (AvgIpc) is 2.47. The Labute approximate surface area is 124 Å². The van der Waals surface area contributed by atoms with Crippen LogP contribution >= 0.6 is 0 Å². The van der Waals surface area contributed by atoms with E-state index in [9.17, 15) is 4.21 Å². The first kappa shape index (κ1) is 17.0. The van der Waals surface area contributed by atoms with E-state index in [-0.39, 0.29) is 0 Å². The van der Waals surface area contributed by atoms with E-state index in [1.54, 1.807) is 14.2 Å². The minimum Gasteiger partial charge on any atom is -0.496 e. The summed E-state index contributed by atoms with van der Waals surface area (Å²) in [4.78, 5) is 0.709. The van der Waals surface area contributed by atoms with Crippen LogP contribution in [0.1, 0.15) is 31.7 Å². The Kier molecular flexibility index (Phi) is 7.62. The second kappa shape index (κ2) is 8.97. The largest absolute Gasteiger partial charge is 0.496 e. The highest BCUT2D eigenvalue weighted by atomic mass is 32.2. The highest BCUT2D eigenvalue weighted by molar-refractivity contribution is 7.85. The number of hydrogen-bond donors (Lipinski definition) is 1. The van der Waals surface area contributed by atoms with E-state index >= 15 is 0 Å². The molecule has 0 spiro atoms. The van der Waals surface area contributed by atoms with E-state index < -0.39 is 10.8 Å². The minimum absolute atomic E-state index is 0.540. The fourth-order valence-electron chi connectivity index (χ4n) is 2.05. The van der Waals surface area contributed by atoms with Crippen LogP contribution in [0.4, 0.5) is 0 Å². The van der Waals surface area contributed by atoms with Gasteiger partial charge in [0.2, 0.25) is 0 Å². The molecule has 2 N–H and O–H groups in total. The lowest BCUT2D eigenvalue weighted by Gasteiger charge is -2.14. The lowest BCUT2D eigenvalue weighted by atomic mass is 10.1. The van der Waals surface area contributed by atoms with Crippen molar-refractivity contribution in [3.05, 3.63) is 17.7 Å². The summed E-state index contributed by atoms with van der Waals surface area (Å²) in [6, 6.07) is 3.71. The highest BCUT2D eigenvalue weighted by Crippen LogP contribution is 2.31. The first-order chi connectivity index (χ1) is 9.67. The number of nitrogens with two attached hydrogens (primary N) is 1. The van der Waals surface area contributed by atoms with Crippen molar-refractivity contribution in [1.29, 1.82) is 0 Å². The maximum absolute atomic E-state index is 12.4. The van der Waals surface area contributed by atoms with E-state index in [0.29, 0.717) is 29.4 Å². The van der Waals surface area contributed by atoms with Crippen molar-refractivity contribution < 1.29 is 13.7 Å². The molecule has 0 aliphatic heterocycles. The third-order valence-corrected chi connectivity index (χ3v) is 4.63. The lowest BCUT2D eigenvalue weighted by molar-refractivity contribution is 0.390. The van der Waals surface area contributed by atoms with Crippen molar-refractivity contribution in [3.63, 3.8) is 0 Å². The van der Waals surface area contributed by atoms with Gasteiger partial charge in [-0.1, -0.05) is 19.8 Å². The predicted molar refractivity (Wildman–Crippen MR) is 83.1 cm³/mol. The van der Waals surface area contributed by atoms with Crippen LogP contribution in [0.2, 0.25) is 0 Å². The van der Waals surface area contributed by atoms with Crippen molar-refractivity contribution in [2.45, 2.75) is 37.5 Å². The van der Waals surface area contributed by atoms with Gasteiger partial charge in [0, 0.05) is 11.8 Å². The minimum atomic E-state index is -1.06. The molecule has 1 aromatic rings. The average molecular weight is 299 g/mol. The first-order valence-electron chi connectivity index (χ1n) is 7.01. The summed E-state index contributed by atoms with van der Waals surface area (Å²) in [5.74, 6) is 2.04. The van der Waals surface area contributed by atoms with Gasteiger partial charge in [0.15, 0.2) is 0 Å². The zero-order valence-corrected chi connectivity index (χ0v) is 13.4. The molecule has 0 aliphatic carbocycles. The molecule has 1 rings (SSSR count). The number of rotatable bonds is 9. The second-order valence-electron chi connectivity index (χ2n) is 4.61. The molecular weight excluding hydrogens is 274 g/mol. The van der Waals surface area contributed by atoms with Gasteiger partial charge in [0.05, 0.1) is 29.9 Å². The van der Waals surface area contributed by atoms with Crippen LogP contribution in [0.25, 0.3) is 0 Å². The molecule has 0 fully saturated rings. The second-order valence-corrected chi connectivity index (χ2v) is 6.15. The highest BCUT2D eigenvalue weighted by Gasteiger charge is 2.15. The van der Waals surface area contributed by atoms with Gasteiger partial charge < -0.3 is 15.2 Å². The summed E-state index contributed by atoms with van der Waals surface area (Å²) < 4.78 is 23.1. The van der Waals surface area contributed by atoms with Crippen LogP contribution < -0.4 is 15.2 Å². The molecule has 1 aromatic carbocycles. The predicted octanol–water partition coefficient (Wildman–Crippen LogP) is 2.50. The van der Waals surface area contributed by atoms with Gasteiger partial charge in [-0.3, -0.25) is 4.21 Å². The van der Waals surface area contributed by atoms with Gasteiger partial charge in [0.25, 0.3) is 0 Å². The molecule has 0 saturated heterocycles. The van der Waals surface area contributed by atoms with Crippen molar-refractivity contribution in [3.8, 4) is 11.5 Å². The number of benzene rings is 1. The molecule has 0 bridgehead atoms. The first-order valence-corrected chi connectivity index (χ1v) is 8.33. The van der Waals surface area contributed by atoms with Gasteiger partial charge in [-0.25, -0.2) is 0 Å². The van der Waals surface area contributed by atoms with E-state index in [4.69, 9.17) is 15.2 Å². The summed E-state index contributed by atoms with van der Waals surface area (Å²) in [7, 11) is 2.16. The molecule has 1 unspecified atom stereocenters. The van der Waals surface area contributed by atoms with Gasteiger partial charge >= 0.3 is 0 Å². The van der Waals surface area contributed by atoms with Crippen LogP contribution in [-0.4, -0.2) is 30.7 Å². The van der Waals surface area contributed by atoms with E-state index in [1.165, 1.54) is 0 Å². The van der Waals surface area contributed by atoms with Crippen molar-refractivity contribution >= 4 is 10.8 Å². The monoisotopic (exact) mass is 299 g/mol. The van der Waals surface area contributed by atoms with Crippen LogP contribution in [-0.2, 0) is 17.2 Å². The fourth-order valence-corrected chi connectivity index (χ4v) is 3.35. The Morgan fingerprint density at radius 1 is 1.15 bits per heavy atom. The molecule has 20 heavy (non-hydrogen) atoms. The molecule has 5 heteroatoms. The number of ether oxygens (including phenoxy) is 2. The van der Waals surface area contributed by atoms with E-state index in [2.05, 4.69) is 6.92 Å². The van der Waals surface area contributed by atoms with Crippen LogP contribution in [0.5, 0.6) is 11.5 Å². The number of methoxy groups -OCH3 is 2. The fraction of sp³-hybridized carbons (Fsp3) is 0.600. The van der Waals surface area contributed by atoms with Gasteiger partial charge in [0.1, 0.15) is 11.5 Å². The third kappa shape index (κ3) is 4.49. The maximum atomic E-state index is 12.4. The van der Waals surface area contributed by atoms with Gasteiger partial charge in [-0.05, 0) is 31.0 Å². The number of hydrogen-bond acceptors (Lipinski definition) is 4. The molecule has 0 saturated carbocycles. The molecule has 0 amide bonds.